The SMILES string of the molecule is C/C=C\N(/N=C\C)C(=C/C=O)/N=C/n1cccc1. The van der Waals surface area contributed by atoms with Crippen molar-refractivity contribution in [3.05, 3.63) is 48.7 Å². The van der Waals surface area contributed by atoms with Gasteiger partial charge in [0.1, 0.15) is 12.6 Å². The summed E-state index contributed by atoms with van der Waals surface area (Å²) in [5, 5.41) is 5.63. The van der Waals surface area contributed by atoms with Crippen molar-refractivity contribution in [1.82, 2.24) is 9.58 Å². The van der Waals surface area contributed by atoms with Crippen molar-refractivity contribution in [1.29, 1.82) is 0 Å². The number of aliphatic imine (C=N–C) groups is 1. The Hall–Kier alpha value is -2.43. The van der Waals surface area contributed by atoms with E-state index in [-0.39, 0.29) is 0 Å². The molecule has 94 valence electrons. The van der Waals surface area contributed by atoms with Gasteiger partial charge in [0, 0.05) is 30.9 Å². The molecule has 18 heavy (non-hydrogen) atoms. The molecule has 0 unspecified atom stereocenters. The summed E-state index contributed by atoms with van der Waals surface area (Å²) in [4.78, 5) is 14.9. The molecule has 0 atom stereocenters. The van der Waals surface area contributed by atoms with Crippen molar-refractivity contribution in [2.24, 2.45) is 10.1 Å². The van der Waals surface area contributed by atoms with Gasteiger partial charge in [0.25, 0.3) is 0 Å². The molecular formula is C13H16N4O. The average molecular weight is 244 g/mol. The van der Waals surface area contributed by atoms with Crippen LogP contribution < -0.4 is 0 Å². The quantitative estimate of drug-likeness (QED) is 0.253. The number of aldehydes is 1. The van der Waals surface area contributed by atoms with Gasteiger partial charge in [-0.1, -0.05) is 6.08 Å². The fourth-order valence-electron chi connectivity index (χ4n) is 1.23. The first kappa shape index (κ1) is 13.6. The molecule has 0 saturated heterocycles. The summed E-state index contributed by atoms with van der Waals surface area (Å²) in [5.74, 6) is 0.440. The average Bonchev–Trinajstić information content (AvgIpc) is 2.87. The summed E-state index contributed by atoms with van der Waals surface area (Å²) in [6.45, 7) is 3.66. The zero-order chi connectivity index (χ0) is 13.2. The molecule has 0 N–H and O–H groups in total. The molecule has 1 aromatic rings. The predicted molar refractivity (Wildman–Crippen MR) is 73.3 cm³/mol. The second kappa shape index (κ2) is 7.78. The first-order chi connectivity index (χ1) is 8.81. The van der Waals surface area contributed by atoms with Crippen molar-refractivity contribution in [3.63, 3.8) is 0 Å². The van der Waals surface area contributed by atoms with E-state index >= 15 is 0 Å². The van der Waals surface area contributed by atoms with Gasteiger partial charge in [-0.15, -0.1) is 0 Å². The number of nitrogens with zero attached hydrogens (tertiary/aromatic N) is 4. The molecule has 5 nitrogen and oxygen atoms in total. The third-order valence-corrected chi connectivity index (χ3v) is 1.93. The fraction of sp³-hybridized carbons (Fsp3) is 0.154. The summed E-state index contributed by atoms with van der Waals surface area (Å²) in [6.07, 6.45) is 12.5. The molecule has 0 aromatic carbocycles. The van der Waals surface area contributed by atoms with E-state index in [9.17, 15) is 4.79 Å². The normalized spacial score (nSPS) is 12.9. The molecule has 0 aliphatic carbocycles. The molecule has 1 heterocycles. The van der Waals surface area contributed by atoms with Gasteiger partial charge in [-0.3, -0.25) is 4.79 Å². The zero-order valence-corrected chi connectivity index (χ0v) is 10.5. The maximum Gasteiger partial charge on any atom is 0.158 e. The molecule has 5 heteroatoms. The molecule has 0 amide bonds. The van der Waals surface area contributed by atoms with Crippen LogP contribution in [0.4, 0.5) is 0 Å². The van der Waals surface area contributed by atoms with E-state index in [0.29, 0.717) is 12.1 Å². The first-order valence-electron chi connectivity index (χ1n) is 5.54. The van der Waals surface area contributed by atoms with E-state index in [0.717, 1.165) is 0 Å². The Balaban J connectivity index is 2.94. The first-order valence-corrected chi connectivity index (χ1v) is 5.54. The fourth-order valence-corrected chi connectivity index (χ4v) is 1.23. The molecule has 0 aliphatic heterocycles. The zero-order valence-electron chi connectivity index (χ0n) is 10.5. The minimum atomic E-state index is 0.440. The molecule has 1 rings (SSSR count). The Kier molecular flexibility index (Phi) is 5.89. The van der Waals surface area contributed by atoms with Gasteiger partial charge in [0.15, 0.2) is 5.82 Å². The Labute approximate surface area is 106 Å². The van der Waals surface area contributed by atoms with Gasteiger partial charge in [0.05, 0.1) is 0 Å². The topological polar surface area (TPSA) is 50.0 Å². The number of hydrazone groups is 1. The maximum absolute atomic E-state index is 10.6. The number of rotatable bonds is 6. The van der Waals surface area contributed by atoms with E-state index < -0.39 is 0 Å². The smallest absolute Gasteiger partial charge is 0.158 e. The lowest BCUT2D eigenvalue weighted by Crippen LogP contribution is -2.09. The molecule has 1 aromatic heterocycles. The number of carbonyl (C=O) groups excluding carboxylic acids is 1. The predicted octanol–water partition coefficient (Wildman–Crippen LogP) is 2.25. The van der Waals surface area contributed by atoms with E-state index in [1.807, 2.05) is 37.5 Å². The standard InChI is InChI=1S/C13H16N4O/c1-3-8-17(15-4-2)13(7-11-18)14-12-16-9-5-6-10-16/h3-12H,1-2H3/b8-3-,13-7+,14-12+,15-4-. The molecule has 0 spiro atoms. The van der Waals surface area contributed by atoms with Crippen molar-refractivity contribution < 1.29 is 4.79 Å². The van der Waals surface area contributed by atoms with E-state index in [2.05, 4.69) is 10.1 Å². The van der Waals surface area contributed by atoms with E-state index in [1.165, 1.54) is 11.1 Å². The van der Waals surface area contributed by atoms with Crippen LogP contribution in [0.2, 0.25) is 0 Å². The Morgan fingerprint density at radius 1 is 1.28 bits per heavy atom. The van der Waals surface area contributed by atoms with Crippen LogP contribution in [0, 0.1) is 0 Å². The molecule has 0 radical (unpaired) electrons. The number of allylic oxidation sites excluding steroid dienone is 2. The summed E-state index contributed by atoms with van der Waals surface area (Å²) in [6, 6.07) is 3.78. The monoisotopic (exact) mass is 244 g/mol. The van der Waals surface area contributed by atoms with Gasteiger partial charge in [-0.05, 0) is 26.0 Å². The van der Waals surface area contributed by atoms with Crippen LogP contribution >= 0.6 is 0 Å². The minimum absolute atomic E-state index is 0.440. The summed E-state index contributed by atoms with van der Waals surface area (Å²) >= 11 is 0. The van der Waals surface area contributed by atoms with E-state index in [1.54, 1.807) is 30.2 Å². The van der Waals surface area contributed by atoms with Crippen LogP contribution in [0.5, 0.6) is 0 Å². The molecular weight excluding hydrogens is 228 g/mol. The van der Waals surface area contributed by atoms with Crippen LogP contribution in [0.3, 0.4) is 0 Å². The lowest BCUT2D eigenvalue weighted by Gasteiger charge is -2.13. The second-order valence-corrected chi connectivity index (χ2v) is 3.24. The number of hydrogen-bond acceptors (Lipinski definition) is 4. The van der Waals surface area contributed by atoms with Crippen molar-refractivity contribution >= 4 is 18.8 Å². The number of hydrogen-bond donors (Lipinski definition) is 0. The van der Waals surface area contributed by atoms with Gasteiger partial charge in [0.2, 0.25) is 0 Å². The Morgan fingerprint density at radius 3 is 2.56 bits per heavy atom. The van der Waals surface area contributed by atoms with Gasteiger partial charge >= 0.3 is 0 Å². The lowest BCUT2D eigenvalue weighted by atomic mass is 10.5. The molecule has 0 bridgehead atoms. The highest BCUT2D eigenvalue weighted by Crippen LogP contribution is 2.06. The van der Waals surface area contributed by atoms with Gasteiger partial charge in [-0.25, -0.2) is 10.0 Å². The number of carbonyl (C=O) groups is 1. The van der Waals surface area contributed by atoms with Crippen LogP contribution in [0.15, 0.2) is 58.8 Å². The maximum atomic E-state index is 10.6. The van der Waals surface area contributed by atoms with Crippen molar-refractivity contribution in [3.8, 4) is 0 Å². The lowest BCUT2D eigenvalue weighted by molar-refractivity contribution is -0.104. The minimum Gasteiger partial charge on any atom is -0.315 e. The summed E-state index contributed by atoms with van der Waals surface area (Å²) in [7, 11) is 0. The Morgan fingerprint density at radius 2 is 2.00 bits per heavy atom. The van der Waals surface area contributed by atoms with Gasteiger partial charge in [-0.2, -0.15) is 5.10 Å². The number of aromatic nitrogens is 1. The van der Waals surface area contributed by atoms with Crippen molar-refractivity contribution in [2.45, 2.75) is 13.8 Å². The summed E-state index contributed by atoms with van der Waals surface area (Å²) in [5.41, 5.74) is 0. The largest absolute Gasteiger partial charge is 0.315 e. The highest BCUT2D eigenvalue weighted by Gasteiger charge is 2.01. The van der Waals surface area contributed by atoms with Gasteiger partial charge < -0.3 is 4.57 Å². The van der Waals surface area contributed by atoms with Crippen LogP contribution in [0.1, 0.15) is 13.8 Å². The van der Waals surface area contributed by atoms with Crippen LogP contribution in [-0.4, -0.2) is 28.4 Å². The highest BCUT2D eigenvalue weighted by atomic mass is 16.1. The molecule has 0 aliphatic rings. The highest BCUT2D eigenvalue weighted by molar-refractivity contribution is 5.68. The third-order valence-electron chi connectivity index (χ3n) is 1.93. The molecule has 0 fully saturated rings. The van der Waals surface area contributed by atoms with E-state index in [4.69, 9.17) is 0 Å². The van der Waals surface area contributed by atoms with Crippen molar-refractivity contribution in [2.75, 3.05) is 0 Å². The van der Waals surface area contributed by atoms with Crippen LogP contribution in [-0.2, 0) is 4.79 Å². The Bertz CT molecular complexity index is 457. The summed E-state index contributed by atoms with van der Waals surface area (Å²) < 4.78 is 1.78. The third kappa shape index (κ3) is 4.21. The van der Waals surface area contributed by atoms with Crippen LogP contribution in [0.25, 0.3) is 0 Å². The second-order valence-electron chi connectivity index (χ2n) is 3.24. The molecule has 0 saturated carbocycles.